The molecule has 0 amide bonds. The Kier molecular flexibility index (Phi) is 4.74. The van der Waals surface area contributed by atoms with Crippen LogP contribution >= 0.6 is 0 Å². The zero-order valence-corrected chi connectivity index (χ0v) is 9.10. The quantitative estimate of drug-likeness (QED) is 0.536. The van der Waals surface area contributed by atoms with Gasteiger partial charge in [0.2, 0.25) is 0 Å². The van der Waals surface area contributed by atoms with Crippen molar-refractivity contribution in [2.45, 2.75) is 0 Å². The average molecular weight is 210 g/mol. The van der Waals surface area contributed by atoms with Crippen LogP contribution in [0, 0.1) is 0 Å². The zero-order valence-electron chi connectivity index (χ0n) is 9.10. The molecular formula is C15H14O. The van der Waals surface area contributed by atoms with Gasteiger partial charge in [-0.1, -0.05) is 67.8 Å². The molecule has 0 spiro atoms. The molecule has 0 aliphatic rings. The fourth-order valence-electron chi connectivity index (χ4n) is 1.21. The lowest BCUT2D eigenvalue weighted by molar-refractivity contribution is -0.111. The summed E-state index contributed by atoms with van der Waals surface area (Å²) in [5, 5.41) is 0. The average Bonchev–Trinajstić information content (AvgIpc) is 2.34. The number of benzene rings is 1. The van der Waals surface area contributed by atoms with E-state index < -0.39 is 0 Å². The smallest absolute Gasteiger partial charge is 0.185 e. The molecule has 1 rings (SSSR count). The van der Waals surface area contributed by atoms with E-state index in [1.807, 2.05) is 30.3 Å². The maximum Gasteiger partial charge on any atom is 0.185 e. The van der Waals surface area contributed by atoms with Crippen LogP contribution in [-0.4, -0.2) is 5.78 Å². The summed E-state index contributed by atoms with van der Waals surface area (Å²) >= 11 is 0. The Morgan fingerprint density at radius 1 is 1.12 bits per heavy atom. The third kappa shape index (κ3) is 3.54. The molecule has 16 heavy (non-hydrogen) atoms. The zero-order chi connectivity index (χ0) is 11.8. The molecule has 0 N–H and O–H groups in total. The Labute approximate surface area is 96.1 Å². The fourth-order valence-corrected chi connectivity index (χ4v) is 1.21. The number of hydrogen-bond donors (Lipinski definition) is 0. The molecular weight excluding hydrogens is 196 g/mol. The van der Waals surface area contributed by atoms with Crippen LogP contribution < -0.4 is 0 Å². The molecule has 0 saturated carbocycles. The Morgan fingerprint density at radius 3 is 2.38 bits per heavy atom. The first-order chi connectivity index (χ1) is 7.77. The monoisotopic (exact) mass is 210 g/mol. The number of carbonyl (C=O) groups is 1. The molecule has 1 nitrogen and oxygen atoms in total. The van der Waals surface area contributed by atoms with E-state index >= 15 is 0 Å². The van der Waals surface area contributed by atoms with Crippen LogP contribution in [0.4, 0.5) is 0 Å². The summed E-state index contributed by atoms with van der Waals surface area (Å²) in [6, 6.07) is 9.67. The van der Waals surface area contributed by atoms with Crippen molar-refractivity contribution in [1.29, 1.82) is 0 Å². The summed E-state index contributed by atoms with van der Waals surface area (Å²) in [4.78, 5) is 11.7. The molecule has 80 valence electrons. The predicted octanol–water partition coefficient (Wildman–Crippen LogP) is 3.57. The summed E-state index contributed by atoms with van der Waals surface area (Å²) in [6.07, 6.45) is 8.06. The number of allylic oxidation sites excluding steroid dienone is 5. The van der Waals surface area contributed by atoms with Gasteiger partial charge in [0.15, 0.2) is 5.78 Å². The van der Waals surface area contributed by atoms with E-state index in [-0.39, 0.29) is 5.78 Å². The Morgan fingerprint density at radius 2 is 1.81 bits per heavy atom. The predicted molar refractivity (Wildman–Crippen MR) is 69.0 cm³/mol. The molecule has 0 aliphatic heterocycles. The van der Waals surface area contributed by atoms with Crippen molar-refractivity contribution in [3.63, 3.8) is 0 Å². The second-order valence-corrected chi connectivity index (χ2v) is 3.17. The molecule has 0 saturated heterocycles. The van der Waals surface area contributed by atoms with Crippen LogP contribution in [0.15, 0.2) is 73.4 Å². The van der Waals surface area contributed by atoms with Gasteiger partial charge in [-0.15, -0.1) is 0 Å². The fraction of sp³-hybridized carbons (Fsp3) is 0. The summed E-state index contributed by atoms with van der Waals surface area (Å²) in [5.74, 6) is -0.0706. The van der Waals surface area contributed by atoms with Gasteiger partial charge in [0.1, 0.15) is 0 Å². The minimum absolute atomic E-state index is 0.0706. The van der Waals surface area contributed by atoms with Gasteiger partial charge in [0, 0.05) is 5.57 Å². The lowest BCUT2D eigenvalue weighted by Gasteiger charge is -1.94. The van der Waals surface area contributed by atoms with Gasteiger partial charge in [-0.25, -0.2) is 0 Å². The Hall–Kier alpha value is -2.15. The van der Waals surface area contributed by atoms with Crippen molar-refractivity contribution in [2.24, 2.45) is 0 Å². The highest BCUT2D eigenvalue weighted by Crippen LogP contribution is 2.04. The number of carbonyl (C=O) groups excluding carboxylic acids is 1. The van der Waals surface area contributed by atoms with E-state index in [2.05, 4.69) is 13.2 Å². The van der Waals surface area contributed by atoms with E-state index in [1.165, 1.54) is 12.2 Å². The van der Waals surface area contributed by atoms with Gasteiger partial charge in [-0.3, -0.25) is 4.79 Å². The van der Waals surface area contributed by atoms with Crippen LogP contribution in [0.2, 0.25) is 0 Å². The topological polar surface area (TPSA) is 17.1 Å². The highest BCUT2D eigenvalue weighted by atomic mass is 16.1. The lowest BCUT2D eigenvalue weighted by atomic mass is 10.1. The maximum absolute atomic E-state index is 11.7. The van der Waals surface area contributed by atoms with Crippen molar-refractivity contribution in [1.82, 2.24) is 0 Å². The molecule has 0 radical (unpaired) electrons. The van der Waals surface area contributed by atoms with Crippen molar-refractivity contribution in [2.75, 3.05) is 0 Å². The molecule has 0 atom stereocenters. The maximum atomic E-state index is 11.7. The second-order valence-electron chi connectivity index (χ2n) is 3.17. The van der Waals surface area contributed by atoms with Gasteiger partial charge in [0.05, 0.1) is 0 Å². The first kappa shape index (κ1) is 11.9. The first-order valence-corrected chi connectivity index (χ1v) is 5.00. The minimum Gasteiger partial charge on any atom is -0.289 e. The molecule has 0 unspecified atom stereocenters. The van der Waals surface area contributed by atoms with Crippen LogP contribution in [0.25, 0.3) is 6.08 Å². The molecule has 0 aliphatic carbocycles. The lowest BCUT2D eigenvalue weighted by Crippen LogP contribution is -1.94. The summed E-state index contributed by atoms with van der Waals surface area (Å²) in [5.41, 5.74) is 1.54. The molecule has 0 aromatic heterocycles. The van der Waals surface area contributed by atoms with Gasteiger partial charge >= 0.3 is 0 Å². The normalized spacial score (nSPS) is 11.4. The van der Waals surface area contributed by atoms with E-state index in [1.54, 1.807) is 18.2 Å². The third-order valence-corrected chi connectivity index (χ3v) is 2.03. The minimum atomic E-state index is -0.0706. The summed E-state index contributed by atoms with van der Waals surface area (Å²) in [7, 11) is 0. The highest BCUT2D eigenvalue weighted by molar-refractivity contribution is 6.08. The van der Waals surface area contributed by atoms with E-state index in [0.717, 1.165) is 5.56 Å². The third-order valence-electron chi connectivity index (χ3n) is 2.03. The Balaban J connectivity index is 2.78. The van der Waals surface area contributed by atoms with E-state index in [9.17, 15) is 4.79 Å². The van der Waals surface area contributed by atoms with Crippen LogP contribution in [0.5, 0.6) is 0 Å². The molecule has 0 heterocycles. The van der Waals surface area contributed by atoms with Crippen LogP contribution in [0.1, 0.15) is 5.56 Å². The van der Waals surface area contributed by atoms with Crippen molar-refractivity contribution < 1.29 is 4.79 Å². The molecule has 1 aromatic carbocycles. The largest absolute Gasteiger partial charge is 0.289 e. The van der Waals surface area contributed by atoms with E-state index in [4.69, 9.17) is 0 Å². The number of hydrogen-bond acceptors (Lipinski definition) is 1. The standard InChI is InChI=1S/C15H14O/c1-3-8-14(4-2)15(16)12-11-13-9-6-5-7-10-13/h3-12H,1-2H2/b12-11+,14-8+. The Bertz CT molecular complexity index is 436. The molecule has 0 bridgehead atoms. The summed E-state index contributed by atoms with van der Waals surface area (Å²) in [6.45, 7) is 7.13. The van der Waals surface area contributed by atoms with Gasteiger partial charge in [-0.05, 0) is 11.6 Å². The number of ketones is 1. The van der Waals surface area contributed by atoms with Gasteiger partial charge in [0.25, 0.3) is 0 Å². The first-order valence-electron chi connectivity index (χ1n) is 5.00. The summed E-state index contributed by atoms with van der Waals surface area (Å²) < 4.78 is 0. The van der Waals surface area contributed by atoms with Crippen molar-refractivity contribution >= 4 is 11.9 Å². The van der Waals surface area contributed by atoms with Crippen LogP contribution in [0.3, 0.4) is 0 Å². The molecule has 1 aromatic rings. The molecule has 0 fully saturated rings. The van der Waals surface area contributed by atoms with E-state index in [0.29, 0.717) is 5.57 Å². The SMILES string of the molecule is C=C/C=C(\C=C)C(=O)/C=C/c1ccccc1. The van der Waals surface area contributed by atoms with Crippen LogP contribution in [-0.2, 0) is 4.79 Å². The van der Waals surface area contributed by atoms with Crippen molar-refractivity contribution in [3.8, 4) is 0 Å². The second kappa shape index (κ2) is 6.36. The van der Waals surface area contributed by atoms with Gasteiger partial charge < -0.3 is 0 Å². The van der Waals surface area contributed by atoms with Crippen molar-refractivity contribution in [3.05, 3.63) is 78.9 Å². The highest BCUT2D eigenvalue weighted by Gasteiger charge is 1.99. The molecule has 1 heteroatoms. The number of rotatable bonds is 5. The van der Waals surface area contributed by atoms with Gasteiger partial charge in [-0.2, -0.15) is 0 Å².